The van der Waals surface area contributed by atoms with Crippen LogP contribution in [0.3, 0.4) is 0 Å². The van der Waals surface area contributed by atoms with E-state index in [1.54, 1.807) is 7.11 Å². The standard InChI is InChI=1S/C16H19N4O/c1-10-8-13-14(9-10)18-16(17)19-15(13)20(2)11-4-6-12(21-3)7-5-11/h4-7,10H,8-9H2,1-3H3,(H-,17,18,19)/q-1. The molecule has 0 amide bonds. The van der Waals surface area contributed by atoms with Gasteiger partial charge in [0.1, 0.15) is 5.75 Å². The number of hydrogen-bond donors (Lipinski definition) is 0. The molecule has 0 saturated heterocycles. The zero-order chi connectivity index (χ0) is 15.0. The van der Waals surface area contributed by atoms with Gasteiger partial charge in [0.25, 0.3) is 0 Å². The fraction of sp³-hybridized carbons (Fsp3) is 0.375. The fourth-order valence-corrected chi connectivity index (χ4v) is 2.85. The maximum Gasteiger partial charge on any atom is 0.119 e. The first-order valence-electron chi connectivity index (χ1n) is 7.07. The summed E-state index contributed by atoms with van der Waals surface area (Å²) in [6, 6.07) is 7.85. The number of methoxy groups -OCH3 is 1. The summed E-state index contributed by atoms with van der Waals surface area (Å²) >= 11 is 0. The molecule has 0 aliphatic heterocycles. The Bertz CT molecular complexity index is 654. The minimum atomic E-state index is 0.0956. The van der Waals surface area contributed by atoms with Crippen molar-refractivity contribution in [2.75, 3.05) is 19.1 Å². The molecule has 110 valence electrons. The van der Waals surface area contributed by atoms with Gasteiger partial charge < -0.3 is 25.3 Å². The Morgan fingerprint density at radius 3 is 2.57 bits per heavy atom. The molecule has 2 aromatic rings. The zero-order valence-electron chi connectivity index (χ0n) is 12.6. The van der Waals surface area contributed by atoms with E-state index in [0.717, 1.165) is 35.8 Å². The normalized spacial score (nSPS) is 16.6. The van der Waals surface area contributed by atoms with E-state index in [4.69, 9.17) is 10.5 Å². The third-order valence-electron chi connectivity index (χ3n) is 3.94. The molecule has 3 rings (SSSR count). The third-order valence-corrected chi connectivity index (χ3v) is 3.94. The number of hydrogen-bond acceptors (Lipinski definition) is 4. The van der Waals surface area contributed by atoms with E-state index < -0.39 is 0 Å². The van der Waals surface area contributed by atoms with Crippen molar-refractivity contribution in [3.63, 3.8) is 0 Å². The van der Waals surface area contributed by atoms with Gasteiger partial charge in [-0.15, -0.1) is 0 Å². The minimum Gasteiger partial charge on any atom is -0.497 e. The number of rotatable bonds is 3. The van der Waals surface area contributed by atoms with Gasteiger partial charge in [0.05, 0.1) is 12.9 Å². The number of anilines is 2. The van der Waals surface area contributed by atoms with Crippen LogP contribution < -0.4 is 9.64 Å². The lowest BCUT2D eigenvalue weighted by Gasteiger charge is -2.25. The van der Waals surface area contributed by atoms with Gasteiger partial charge in [-0.2, -0.15) is 0 Å². The Kier molecular flexibility index (Phi) is 3.41. The summed E-state index contributed by atoms with van der Waals surface area (Å²) in [5.41, 5.74) is 11.0. The van der Waals surface area contributed by atoms with Crippen LogP contribution in [0.25, 0.3) is 5.73 Å². The van der Waals surface area contributed by atoms with E-state index >= 15 is 0 Å². The molecule has 0 saturated carbocycles. The Balaban J connectivity index is 1.99. The van der Waals surface area contributed by atoms with Gasteiger partial charge in [-0.1, -0.05) is 6.92 Å². The second-order valence-electron chi connectivity index (χ2n) is 5.57. The molecular formula is C16H19N4O-. The number of ether oxygens (including phenoxy) is 1. The summed E-state index contributed by atoms with van der Waals surface area (Å²) in [5, 5.41) is 0. The molecule has 1 aromatic carbocycles. The van der Waals surface area contributed by atoms with Crippen LogP contribution in [0.1, 0.15) is 18.2 Å². The van der Waals surface area contributed by atoms with E-state index in [1.165, 1.54) is 5.56 Å². The number of nitrogens with one attached hydrogen (secondary N) is 1. The monoisotopic (exact) mass is 283 g/mol. The van der Waals surface area contributed by atoms with Crippen LogP contribution >= 0.6 is 0 Å². The summed E-state index contributed by atoms with van der Waals surface area (Å²) in [7, 11) is 3.64. The lowest BCUT2D eigenvalue weighted by molar-refractivity contribution is 0.415. The molecule has 1 aromatic heterocycles. The summed E-state index contributed by atoms with van der Waals surface area (Å²) < 4.78 is 5.19. The summed E-state index contributed by atoms with van der Waals surface area (Å²) in [6.45, 7) is 2.21. The Hall–Kier alpha value is -2.30. The van der Waals surface area contributed by atoms with Gasteiger partial charge in [0.15, 0.2) is 0 Å². The van der Waals surface area contributed by atoms with Gasteiger partial charge in [-0.3, -0.25) is 0 Å². The first-order chi connectivity index (χ1) is 10.1. The lowest BCUT2D eigenvalue weighted by Crippen LogP contribution is -2.14. The van der Waals surface area contributed by atoms with Crippen LogP contribution in [0.15, 0.2) is 24.3 Å². The molecule has 5 nitrogen and oxygen atoms in total. The van der Waals surface area contributed by atoms with Crippen molar-refractivity contribution in [3.05, 3.63) is 41.3 Å². The highest BCUT2D eigenvalue weighted by Gasteiger charge is 2.21. The second kappa shape index (κ2) is 5.24. The quantitative estimate of drug-likeness (QED) is 0.862. The Morgan fingerprint density at radius 2 is 1.90 bits per heavy atom. The molecule has 21 heavy (non-hydrogen) atoms. The summed E-state index contributed by atoms with van der Waals surface area (Å²) in [5.74, 6) is 2.34. The molecule has 1 aliphatic rings. The highest BCUT2D eigenvalue weighted by atomic mass is 16.5. The van der Waals surface area contributed by atoms with Crippen LogP contribution in [-0.4, -0.2) is 24.1 Å². The van der Waals surface area contributed by atoms with Gasteiger partial charge in [0.2, 0.25) is 0 Å². The topological polar surface area (TPSA) is 62.0 Å². The largest absolute Gasteiger partial charge is 0.497 e. The van der Waals surface area contributed by atoms with Crippen molar-refractivity contribution in [1.29, 1.82) is 0 Å². The number of nitrogens with zero attached hydrogens (tertiary/aromatic N) is 3. The van der Waals surface area contributed by atoms with E-state index in [9.17, 15) is 0 Å². The Labute approximate surface area is 124 Å². The SMILES string of the molecule is COc1ccc(N(C)c2nc([NH-])nc3c2CC(C)C3)cc1. The molecule has 1 N–H and O–H groups in total. The zero-order valence-corrected chi connectivity index (χ0v) is 12.6. The predicted molar refractivity (Wildman–Crippen MR) is 83.6 cm³/mol. The molecule has 1 atom stereocenters. The molecule has 0 fully saturated rings. The summed E-state index contributed by atoms with van der Waals surface area (Å²) in [6.07, 6.45) is 1.92. The molecule has 5 heteroatoms. The third kappa shape index (κ3) is 2.51. The van der Waals surface area contributed by atoms with E-state index in [0.29, 0.717) is 5.92 Å². The van der Waals surface area contributed by atoms with Gasteiger partial charge in [-0.05, 0) is 54.3 Å². The minimum absolute atomic E-state index is 0.0956. The molecular weight excluding hydrogens is 264 g/mol. The number of aromatic nitrogens is 2. The Morgan fingerprint density at radius 1 is 1.19 bits per heavy atom. The van der Waals surface area contributed by atoms with Gasteiger partial charge in [-0.25, -0.2) is 0 Å². The first-order valence-corrected chi connectivity index (χ1v) is 7.07. The highest BCUT2D eigenvalue weighted by Crippen LogP contribution is 2.35. The van der Waals surface area contributed by atoms with Crippen LogP contribution in [0.5, 0.6) is 5.75 Å². The van der Waals surface area contributed by atoms with Crippen molar-refractivity contribution in [2.24, 2.45) is 5.92 Å². The number of benzene rings is 1. The highest BCUT2D eigenvalue weighted by molar-refractivity contribution is 5.65. The van der Waals surface area contributed by atoms with Crippen molar-refractivity contribution in [2.45, 2.75) is 19.8 Å². The molecule has 1 aliphatic carbocycles. The number of fused-ring (bicyclic) bond motifs is 1. The molecule has 0 radical (unpaired) electrons. The molecule has 0 spiro atoms. The second-order valence-corrected chi connectivity index (χ2v) is 5.57. The van der Waals surface area contributed by atoms with Crippen molar-refractivity contribution in [1.82, 2.24) is 9.97 Å². The predicted octanol–water partition coefficient (Wildman–Crippen LogP) is 3.67. The maximum atomic E-state index is 7.82. The van der Waals surface area contributed by atoms with E-state index in [-0.39, 0.29) is 5.95 Å². The summed E-state index contributed by atoms with van der Waals surface area (Å²) in [4.78, 5) is 10.6. The molecule has 1 heterocycles. The van der Waals surface area contributed by atoms with Crippen molar-refractivity contribution < 1.29 is 4.74 Å². The first kappa shape index (κ1) is 13.7. The van der Waals surface area contributed by atoms with E-state index in [2.05, 4.69) is 16.9 Å². The van der Waals surface area contributed by atoms with Gasteiger partial charge >= 0.3 is 0 Å². The van der Waals surface area contributed by atoms with Crippen LogP contribution in [0.2, 0.25) is 0 Å². The smallest absolute Gasteiger partial charge is 0.119 e. The van der Waals surface area contributed by atoms with Crippen LogP contribution in [-0.2, 0) is 12.8 Å². The van der Waals surface area contributed by atoms with Gasteiger partial charge in [0, 0.05) is 18.7 Å². The van der Waals surface area contributed by atoms with Crippen LogP contribution in [0, 0.1) is 5.92 Å². The average molecular weight is 283 g/mol. The van der Waals surface area contributed by atoms with Crippen molar-refractivity contribution in [3.8, 4) is 5.75 Å². The van der Waals surface area contributed by atoms with E-state index in [1.807, 2.05) is 36.2 Å². The lowest BCUT2D eigenvalue weighted by atomic mass is 10.1. The average Bonchev–Trinajstić information content (AvgIpc) is 2.85. The molecule has 1 unspecified atom stereocenters. The maximum absolute atomic E-state index is 7.82. The molecule has 0 bridgehead atoms. The fourth-order valence-electron chi connectivity index (χ4n) is 2.85. The van der Waals surface area contributed by atoms with Crippen molar-refractivity contribution >= 4 is 17.5 Å². The van der Waals surface area contributed by atoms with Crippen LogP contribution in [0.4, 0.5) is 17.5 Å².